The molecule has 2 aromatic carbocycles. The lowest BCUT2D eigenvalue weighted by Crippen LogP contribution is -2.31. The molecule has 1 atom stereocenters. The Morgan fingerprint density at radius 3 is 2.33 bits per heavy atom. The predicted molar refractivity (Wildman–Crippen MR) is 93.3 cm³/mol. The van der Waals surface area contributed by atoms with Crippen LogP contribution in [0.25, 0.3) is 0 Å². The molecular formula is C17H16ClN3O2S. The molecule has 3 aromatic rings. The Bertz CT molecular complexity index is 922. The lowest BCUT2D eigenvalue weighted by molar-refractivity contribution is 0.563. The molecule has 3 rings (SSSR count). The van der Waals surface area contributed by atoms with E-state index >= 15 is 0 Å². The molecule has 0 fully saturated rings. The van der Waals surface area contributed by atoms with Gasteiger partial charge in [-0.05, 0) is 29.8 Å². The summed E-state index contributed by atoms with van der Waals surface area (Å²) in [5.74, 6) is 0.610. The smallest absolute Gasteiger partial charge is 0.241 e. The summed E-state index contributed by atoms with van der Waals surface area (Å²) in [7, 11) is -1.90. The molecule has 0 radical (unpaired) electrons. The zero-order valence-electron chi connectivity index (χ0n) is 12.9. The summed E-state index contributed by atoms with van der Waals surface area (Å²) in [4.78, 5) is 4.45. The van der Waals surface area contributed by atoms with Gasteiger partial charge in [0.2, 0.25) is 10.0 Å². The number of aryl methyl sites for hydroxylation is 1. The lowest BCUT2D eigenvalue weighted by Gasteiger charge is -2.19. The highest BCUT2D eigenvalue weighted by molar-refractivity contribution is 7.89. The first-order chi connectivity index (χ1) is 11.5. The maximum absolute atomic E-state index is 12.7. The molecule has 0 saturated heterocycles. The van der Waals surface area contributed by atoms with Gasteiger partial charge in [-0.25, -0.2) is 13.4 Å². The molecule has 1 heterocycles. The van der Waals surface area contributed by atoms with Crippen LogP contribution < -0.4 is 4.72 Å². The molecule has 0 aliphatic rings. The first kappa shape index (κ1) is 16.7. The third-order valence-electron chi connectivity index (χ3n) is 3.65. The first-order valence-electron chi connectivity index (χ1n) is 7.27. The molecule has 0 aliphatic heterocycles. The van der Waals surface area contributed by atoms with Crippen LogP contribution in [-0.2, 0) is 17.1 Å². The molecule has 1 N–H and O–H groups in total. The Morgan fingerprint density at radius 2 is 1.75 bits per heavy atom. The molecule has 0 saturated carbocycles. The molecule has 0 amide bonds. The van der Waals surface area contributed by atoms with Crippen molar-refractivity contribution in [2.45, 2.75) is 10.9 Å². The highest BCUT2D eigenvalue weighted by Gasteiger charge is 2.25. The Balaban J connectivity index is 2.01. The molecule has 1 aromatic heterocycles. The van der Waals surface area contributed by atoms with E-state index in [2.05, 4.69) is 9.71 Å². The molecule has 24 heavy (non-hydrogen) atoms. The van der Waals surface area contributed by atoms with Gasteiger partial charge in [-0.2, -0.15) is 4.72 Å². The second-order valence-corrected chi connectivity index (χ2v) is 7.47. The van der Waals surface area contributed by atoms with Crippen molar-refractivity contribution in [1.29, 1.82) is 0 Å². The van der Waals surface area contributed by atoms with Gasteiger partial charge in [0.05, 0.1) is 4.90 Å². The van der Waals surface area contributed by atoms with Gasteiger partial charge in [0.25, 0.3) is 0 Å². The van der Waals surface area contributed by atoms with Crippen molar-refractivity contribution in [3.63, 3.8) is 0 Å². The molecule has 7 heteroatoms. The van der Waals surface area contributed by atoms with Crippen molar-refractivity contribution in [3.8, 4) is 0 Å². The second-order valence-electron chi connectivity index (χ2n) is 5.32. The summed E-state index contributed by atoms with van der Waals surface area (Å²) in [5.41, 5.74) is 0.810. The maximum atomic E-state index is 12.7. The summed E-state index contributed by atoms with van der Waals surface area (Å²) < 4.78 is 30.0. The normalized spacial score (nSPS) is 12.9. The third kappa shape index (κ3) is 3.51. The van der Waals surface area contributed by atoms with E-state index < -0.39 is 16.1 Å². The third-order valence-corrected chi connectivity index (χ3v) is 5.34. The van der Waals surface area contributed by atoms with Gasteiger partial charge in [0.15, 0.2) is 0 Å². The Kier molecular flexibility index (Phi) is 4.71. The van der Waals surface area contributed by atoms with Crippen molar-refractivity contribution < 1.29 is 8.42 Å². The first-order valence-corrected chi connectivity index (χ1v) is 9.13. The molecule has 1 unspecified atom stereocenters. The van der Waals surface area contributed by atoms with Crippen LogP contribution in [0.3, 0.4) is 0 Å². The van der Waals surface area contributed by atoms with Crippen LogP contribution in [0.15, 0.2) is 71.9 Å². The number of benzene rings is 2. The minimum absolute atomic E-state index is 0.155. The zero-order valence-corrected chi connectivity index (χ0v) is 14.5. The van der Waals surface area contributed by atoms with Crippen molar-refractivity contribution in [2.24, 2.45) is 7.05 Å². The van der Waals surface area contributed by atoms with Gasteiger partial charge in [0.1, 0.15) is 11.9 Å². The number of rotatable bonds is 5. The van der Waals surface area contributed by atoms with E-state index in [1.54, 1.807) is 29.1 Å². The van der Waals surface area contributed by atoms with Gasteiger partial charge in [-0.15, -0.1) is 0 Å². The van der Waals surface area contributed by atoms with E-state index in [-0.39, 0.29) is 4.90 Å². The highest BCUT2D eigenvalue weighted by Crippen LogP contribution is 2.23. The monoisotopic (exact) mass is 361 g/mol. The fraction of sp³-hybridized carbons (Fsp3) is 0.118. The van der Waals surface area contributed by atoms with Crippen LogP contribution >= 0.6 is 11.6 Å². The van der Waals surface area contributed by atoms with Crippen LogP contribution in [0.2, 0.25) is 5.02 Å². The topological polar surface area (TPSA) is 64.0 Å². The Labute approximate surface area is 146 Å². The van der Waals surface area contributed by atoms with E-state index in [0.29, 0.717) is 10.8 Å². The standard InChI is InChI=1S/C17H16ClN3O2S/c1-21-12-11-19-17(21)16(13-5-3-2-4-6-13)20-24(22,23)15-9-7-14(18)8-10-15/h2-12,16,20H,1H3. The summed E-state index contributed by atoms with van der Waals surface area (Å²) in [6, 6.07) is 14.8. The molecule has 0 bridgehead atoms. The molecule has 5 nitrogen and oxygen atoms in total. The van der Waals surface area contributed by atoms with E-state index in [9.17, 15) is 8.42 Å². The Hall–Kier alpha value is -2.15. The SMILES string of the molecule is Cn1ccnc1C(NS(=O)(=O)c1ccc(Cl)cc1)c1ccccc1. The minimum atomic E-state index is -3.73. The second kappa shape index (κ2) is 6.76. The molecule has 0 spiro atoms. The van der Waals surface area contributed by atoms with Crippen molar-refractivity contribution in [3.05, 3.63) is 83.4 Å². The largest absolute Gasteiger partial charge is 0.336 e. The number of nitrogens with zero attached hydrogens (tertiary/aromatic N) is 2. The van der Waals surface area contributed by atoms with E-state index in [4.69, 9.17) is 11.6 Å². The number of hydrogen-bond donors (Lipinski definition) is 1. The van der Waals surface area contributed by atoms with E-state index in [1.807, 2.05) is 37.4 Å². The van der Waals surface area contributed by atoms with Crippen molar-refractivity contribution >= 4 is 21.6 Å². The number of imidazole rings is 1. The number of nitrogens with one attached hydrogen (secondary N) is 1. The number of sulfonamides is 1. The van der Waals surface area contributed by atoms with E-state index in [0.717, 1.165) is 5.56 Å². The lowest BCUT2D eigenvalue weighted by atomic mass is 10.1. The summed E-state index contributed by atoms with van der Waals surface area (Å²) >= 11 is 5.84. The number of hydrogen-bond acceptors (Lipinski definition) is 3. The molecule has 0 aliphatic carbocycles. The number of halogens is 1. The minimum Gasteiger partial charge on any atom is -0.336 e. The van der Waals surface area contributed by atoms with Gasteiger partial charge in [-0.3, -0.25) is 0 Å². The van der Waals surface area contributed by atoms with Gasteiger partial charge < -0.3 is 4.57 Å². The predicted octanol–water partition coefficient (Wildman–Crippen LogP) is 3.14. The molecule has 124 valence electrons. The van der Waals surface area contributed by atoms with Gasteiger partial charge in [0, 0.05) is 24.5 Å². The quantitative estimate of drug-likeness (QED) is 0.759. The van der Waals surface area contributed by atoms with Crippen LogP contribution in [0.1, 0.15) is 17.4 Å². The highest BCUT2D eigenvalue weighted by atomic mass is 35.5. The molecular weight excluding hydrogens is 346 g/mol. The summed E-state index contributed by atoms with van der Waals surface area (Å²) in [5, 5.41) is 0.484. The van der Waals surface area contributed by atoms with E-state index in [1.165, 1.54) is 12.1 Å². The zero-order chi connectivity index (χ0) is 17.2. The average Bonchev–Trinajstić information content (AvgIpc) is 3.00. The van der Waals surface area contributed by atoms with Crippen molar-refractivity contribution in [2.75, 3.05) is 0 Å². The van der Waals surface area contributed by atoms with Crippen molar-refractivity contribution in [1.82, 2.24) is 14.3 Å². The van der Waals surface area contributed by atoms with Crippen LogP contribution in [-0.4, -0.2) is 18.0 Å². The summed E-state index contributed by atoms with van der Waals surface area (Å²) in [6.45, 7) is 0. The van der Waals surface area contributed by atoms with Crippen LogP contribution in [0, 0.1) is 0 Å². The average molecular weight is 362 g/mol. The fourth-order valence-corrected chi connectivity index (χ4v) is 3.72. The van der Waals surface area contributed by atoms with Gasteiger partial charge in [-0.1, -0.05) is 41.9 Å². The number of aromatic nitrogens is 2. The maximum Gasteiger partial charge on any atom is 0.241 e. The summed E-state index contributed by atoms with van der Waals surface area (Å²) in [6.07, 6.45) is 3.42. The van der Waals surface area contributed by atoms with Crippen LogP contribution in [0.4, 0.5) is 0 Å². The fourth-order valence-electron chi connectivity index (χ4n) is 2.41. The van der Waals surface area contributed by atoms with Gasteiger partial charge >= 0.3 is 0 Å². The van der Waals surface area contributed by atoms with Crippen LogP contribution in [0.5, 0.6) is 0 Å². The Morgan fingerprint density at radius 1 is 1.08 bits per heavy atom.